The van der Waals surface area contributed by atoms with E-state index in [2.05, 4.69) is 20.1 Å². The third kappa shape index (κ3) is 5.28. The van der Waals surface area contributed by atoms with E-state index in [0.717, 1.165) is 43.5 Å². The highest BCUT2D eigenvalue weighted by Crippen LogP contribution is 2.17. The maximum Gasteiger partial charge on any atom is 0.234 e. The second-order valence-electron chi connectivity index (χ2n) is 7.37. The van der Waals surface area contributed by atoms with Gasteiger partial charge in [0.25, 0.3) is 0 Å². The number of aromatic nitrogens is 1. The Hall–Kier alpha value is -1.45. The summed E-state index contributed by atoms with van der Waals surface area (Å²) in [7, 11) is -2.88. The third-order valence-electron chi connectivity index (χ3n) is 5.18. The molecule has 0 bridgehead atoms. The fourth-order valence-corrected chi connectivity index (χ4v) is 5.32. The maximum absolute atomic E-state index is 12.1. The highest BCUT2D eigenvalue weighted by molar-refractivity contribution is 7.91. The molecule has 1 atom stereocenters. The molecule has 0 radical (unpaired) electrons. The van der Waals surface area contributed by atoms with Crippen molar-refractivity contribution in [3.8, 4) is 0 Å². The Balaban J connectivity index is 1.35. The fraction of sp³-hybridized carbons (Fsp3) is 0.765. The Morgan fingerprint density at radius 1 is 1.23 bits per heavy atom. The molecule has 1 aromatic rings. The number of nitrogens with zero attached hydrogens (tertiary/aromatic N) is 3. The number of carbonyl (C=O) groups excluding carboxylic acids is 1. The van der Waals surface area contributed by atoms with E-state index in [1.165, 1.54) is 0 Å². The normalized spacial score (nSPS) is 24.0. The van der Waals surface area contributed by atoms with E-state index >= 15 is 0 Å². The molecule has 3 heterocycles. The van der Waals surface area contributed by atoms with Gasteiger partial charge in [0.1, 0.15) is 5.76 Å². The molecule has 0 aliphatic carbocycles. The number of carbonyl (C=O) groups is 1. The van der Waals surface area contributed by atoms with E-state index in [-0.39, 0.29) is 23.3 Å². The molecule has 146 valence electrons. The third-order valence-corrected chi connectivity index (χ3v) is 7.02. The average molecular weight is 385 g/mol. The van der Waals surface area contributed by atoms with Crippen molar-refractivity contribution in [1.29, 1.82) is 0 Å². The zero-order valence-corrected chi connectivity index (χ0v) is 16.3. The quantitative estimate of drug-likeness (QED) is 0.735. The number of nitrogens with one attached hydrogen (secondary N) is 1. The Morgan fingerprint density at radius 3 is 2.50 bits per heavy atom. The zero-order chi connectivity index (χ0) is 18.7. The van der Waals surface area contributed by atoms with E-state index < -0.39 is 9.84 Å². The summed E-state index contributed by atoms with van der Waals surface area (Å²) < 4.78 is 28.5. The van der Waals surface area contributed by atoms with Crippen LogP contribution in [0.5, 0.6) is 0 Å². The highest BCUT2D eigenvalue weighted by atomic mass is 32.2. The first-order chi connectivity index (χ1) is 12.3. The van der Waals surface area contributed by atoms with Gasteiger partial charge in [0.05, 0.1) is 30.3 Å². The minimum absolute atomic E-state index is 0.0262. The van der Waals surface area contributed by atoms with E-state index in [4.69, 9.17) is 4.42 Å². The second-order valence-corrected chi connectivity index (χ2v) is 9.60. The Bertz CT molecular complexity index is 718. The van der Waals surface area contributed by atoms with Crippen molar-refractivity contribution < 1.29 is 17.6 Å². The fourth-order valence-electron chi connectivity index (χ4n) is 3.45. The summed E-state index contributed by atoms with van der Waals surface area (Å²) in [6.45, 7) is 8.77. The molecule has 26 heavy (non-hydrogen) atoms. The molecule has 1 amide bonds. The maximum atomic E-state index is 12.1. The summed E-state index contributed by atoms with van der Waals surface area (Å²) in [6.07, 6.45) is 0.654. The van der Waals surface area contributed by atoms with E-state index in [9.17, 15) is 13.2 Å². The summed E-state index contributed by atoms with van der Waals surface area (Å²) in [4.78, 5) is 20.9. The topological polar surface area (TPSA) is 95.8 Å². The predicted octanol–water partition coefficient (Wildman–Crippen LogP) is -0.0401. The van der Waals surface area contributed by atoms with Gasteiger partial charge in [0, 0.05) is 32.7 Å². The summed E-state index contributed by atoms with van der Waals surface area (Å²) in [5.41, 5.74) is 0.936. The van der Waals surface area contributed by atoms with Gasteiger partial charge in [-0.25, -0.2) is 13.4 Å². The van der Waals surface area contributed by atoms with Gasteiger partial charge in [-0.05, 0) is 26.2 Å². The smallest absolute Gasteiger partial charge is 0.234 e. The van der Waals surface area contributed by atoms with E-state index in [1.807, 2.05) is 13.8 Å². The highest BCUT2D eigenvalue weighted by Gasteiger charge is 2.28. The van der Waals surface area contributed by atoms with Crippen LogP contribution < -0.4 is 5.32 Å². The van der Waals surface area contributed by atoms with Gasteiger partial charge in [0.2, 0.25) is 11.8 Å². The van der Waals surface area contributed by atoms with Gasteiger partial charge >= 0.3 is 0 Å². The number of amides is 1. The van der Waals surface area contributed by atoms with Crippen molar-refractivity contribution in [2.45, 2.75) is 26.8 Å². The Kier molecular flexibility index (Phi) is 5.99. The molecule has 2 fully saturated rings. The monoisotopic (exact) mass is 384 g/mol. The van der Waals surface area contributed by atoms with Crippen LogP contribution >= 0.6 is 0 Å². The molecule has 2 aliphatic rings. The molecular weight excluding hydrogens is 356 g/mol. The van der Waals surface area contributed by atoms with Crippen molar-refractivity contribution in [2.24, 2.45) is 5.92 Å². The SMILES string of the molecule is Cc1nc(CN2CCN(CC(=O)NCC3CCS(=O)(=O)C3)CC2)oc1C. The first-order valence-corrected chi connectivity index (χ1v) is 11.0. The van der Waals surface area contributed by atoms with Crippen LogP contribution in [0.1, 0.15) is 23.8 Å². The van der Waals surface area contributed by atoms with Crippen LogP contribution in [0.2, 0.25) is 0 Å². The summed E-state index contributed by atoms with van der Waals surface area (Å²) in [5.74, 6) is 2.10. The first-order valence-electron chi connectivity index (χ1n) is 9.15. The van der Waals surface area contributed by atoms with Crippen LogP contribution in [0.15, 0.2) is 4.42 Å². The lowest BCUT2D eigenvalue weighted by Gasteiger charge is -2.33. The minimum Gasteiger partial charge on any atom is -0.444 e. The Morgan fingerprint density at radius 2 is 1.92 bits per heavy atom. The van der Waals surface area contributed by atoms with Crippen molar-refractivity contribution in [1.82, 2.24) is 20.1 Å². The second kappa shape index (κ2) is 8.06. The van der Waals surface area contributed by atoms with Gasteiger partial charge in [-0.15, -0.1) is 0 Å². The number of rotatable bonds is 6. The van der Waals surface area contributed by atoms with Crippen LogP contribution in [0, 0.1) is 19.8 Å². The molecule has 2 aliphatic heterocycles. The minimum atomic E-state index is -2.88. The molecule has 3 rings (SSSR count). The van der Waals surface area contributed by atoms with E-state index in [1.54, 1.807) is 0 Å². The van der Waals surface area contributed by atoms with Crippen LogP contribution in [0.4, 0.5) is 0 Å². The lowest BCUT2D eigenvalue weighted by molar-refractivity contribution is -0.122. The average Bonchev–Trinajstić information content (AvgIpc) is 3.08. The van der Waals surface area contributed by atoms with Crippen LogP contribution in [0.25, 0.3) is 0 Å². The molecular formula is C17H28N4O4S. The molecule has 0 aromatic carbocycles. The van der Waals surface area contributed by atoms with Crippen LogP contribution in [0.3, 0.4) is 0 Å². The molecule has 2 saturated heterocycles. The predicted molar refractivity (Wildman–Crippen MR) is 97.5 cm³/mol. The number of hydrogen-bond donors (Lipinski definition) is 1. The van der Waals surface area contributed by atoms with Gasteiger partial charge < -0.3 is 9.73 Å². The van der Waals surface area contributed by atoms with Gasteiger partial charge in [-0.1, -0.05) is 0 Å². The van der Waals surface area contributed by atoms with Gasteiger partial charge in [-0.3, -0.25) is 14.6 Å². The number of sulfone groups is 1. The Labute approximate surface area is 154 Å². The van der Waals surface area contributed by atoms with Crippen LogP contribution in [-0.2, 0) is 21.2 Å². The lowest BCUT2D eigenvalue weighted by atomic mass is 10.1. The number of piperazine rings is 1. The van der Waals surface area contributed by atoms with Gasteiger partial charge in [-0.2, -0.15) is 0 Å². The van der Waals surface area contributed by atoms with E-state index in [0.29, 0.717) is 26.1 Å². The summed E-state index contributed by atoms with van der Waals surface area (Å²) in [5, 5.41) is 2.89. The molecule has 0 saturated carbocycles. The summed E-state index contributed by atoms with van der Waals surface area (Å²) in [6, 6.07) is 0. The largest absolute Gasteiger partial charge is 0.444 e. The lowest BCUT2D eigenvalue weighted by Crippen LogP contribution is -2.49. The van der Waals surface area contributed by atoms with Crippen molar-refractivity contribution >= 4 is 15.7 Å². The standard InChI is InChI=1S/C17H28N4O4S/c1-13-14(2)25-17(19-13)11-21-6-4-20(5-7-21)10-16(22)18-9-15-3-8-26(23,24)12-15/h15H,3-12H2,1-2H3,(H,18,22). The molecule has 0 spiro atoms. The molecule has 8 nitrogen and oxygen atoms in total. The first kappa shape index (κ1) is 19.3. The van der Waals surface area contributed by atoms with Gasteiger partial charge in [0.15, 0.2) is 9.84 Å². The molecule has 9 heteroatoms. The van der Waals surface area contributed by atoms with Crippen LogP contribution in [-0.4, -0.2) is 79.9 Å². The number of aryl methyl sites for hydroxylation is 2. The molecule has 1 unspecified atom stereocenters. The summed E-state index contributed by atoms with van der Waals surface area (Å²) >= 11 is 0. The molecule has 1 aromatic heterocycles. The number of hydrogen-bond acceptors (Lipinski definition) is 7. The molecule has 1 N–H and O–H groups in total. The van der Waals surface area contributed by atoms with Crippen molar-refractivity contribution in [3.05, 3.63) is 17.3 Å². The van der Waals surface area contributed by atoms with Crippen molar-refractivity contribution in [3.63, 3.8) is 0 Å². The van der Waals surface area contributed by atoms with Crippen molar-refractivity contribution in [2.75, 3.05) is 50.8 Å². The number of oxazole rings is 1. The zero-order valence-electron chi connectivity index (χ0n) is 15.5.